The highest BCUT2D eigenvalue weighted by atomic mass is 16.1. The highest BCUT2D eigenvalue weighted by molar-refractivity contribution is 5.73. The molecule has 0 radical (unpaired) electrons. The summed E-state index contributed by atoms with van der Waals surface area (Å²) >= 11 is 0. The van der Waals surface area contributed by atoms with Crippen LogP contribution in [-0.2, 0) is 6.54 Å². The molecule has 0 aliphatic rings. The molecule has 0 atom stereocenters. The first-order chi connectivity index (χ1) is 9.29. The van der Waals surface area contributed by atoms with Gasteiger partial charge < -0.3 is 4.57 Å². The second-order valence-corrected chi connectivity index (χ2v) is 3.93. The van der Waals surface area contributed by atoms with Gasteiger partial charge in [0.05, 0.1) is 17.8 Å². The zero-order valence-corrected chi connectivity index (χ0v) is 9.80. The molecule has 3 aromatic rings. The summed E-state index contributed by atoms with van der Waals surface area (Å²) in [6, 6.07) is 5.54. The zero-order chi connectivity index (χ0) is 13.2. The first-order valence-electron chi connectivity index (χ1n) is 5.58. The van der Waals surface area contributed by atoms with Crippen molar-refractivity contribution in [2.45, 2.75) is 6.54 Å². The lowest BCUT2D eigenvalue weighted by Crippen LogP contribution is -2.23. The largest absolute Gasteiger partial charge is 0.310 e. The summed E-state index contributed by atoms with van der Waals surface area (Å²) in [5, 5.41) is 3.82. The fraction of sp³-hybridized carbons (Fsp3) is 0.0833. The Kier molecular flexibility index (Phi) is 2.64. The molecule has 3 rings (SSSR count). The van der Waals surface area contributed by atoms with Crippen LogP contribution in [0.1, 0.15) is 16.1 Å². The number of carbonyl (C=O) groups is 1. The normalized spacial score (nSPS) is 10.7. The quantitative estimate of drug-likeness (QED) is 0.622. The number of nitrogens with zero attached hydrogens (tertiary/aromatic N) is 5. The second-order valence-electron chi connectivity index (χ2n) is 3.93. The van der Waals surface area contributed by atoms with Gasteiger partial charge in [0.15, 0.2) is 6.29 Å². The van der Waals surface area contributed by atoms with E-state index in [1.807, 2.05) is 18.2 Å². The summed E-state index contributed by atoms with van der Waals surface area (Å²) in [7, 11) is 0. The standard InChI is InChI=1S/C12H9N5O2/c18-7-9-5-16(6-10-3-1-2-4-13-10)12-14-8-15-17(12)11(9)19/h1-5,7-8H,6H2. The first kappa shape index (κ1) is 11.3. The number of aromatic nitrogens is 5. The lowest BCUT2D eigenvalue weighted by Gasteiger charge is -2.07. The molecule has 0 saturated carbocycles. The number of pyridine rings is 1. The Balaban J connectivity index is 2.18. The van der Waals surface area contributed by atoms with Crippen molar-refractivity contribution in [3.05, 3.63) is 58.5 Å². The van der Waals surface area contributed by atoms with E-state index in [1.54, 1.807) is 10.8 Å². The first-order valence-corrected chi connectivity index (χ1v) is 5.58. The van der Waals surface area contributed by atoms with Crippen LogP contribution in [0, 0.1) is 0 Å². The Morgan fingerprint density at radius 1 is 1.26 bits per heavy atom. The fourth-order valence-corrected chi connectivity index (χ4v) is 1.84. The highest BCUT2D eigenvalue weighted by Crippen LogP contribution is 2.03. The number of hydrogen-bond donors (Lipinski definition) is 0. The molecule has 0 unspecified atom stereocenters. The van der Waals surface area contributed by atoms with E-state index in [4.69, 9.17) is 0 Å². The summed E-state index contributed by atoms with van der Waals surface area (Å²) < 4.78 is 2.77. The van der Waals surface area contributed by atoms with Gasteiger partial charge >= 0.3 is 0 Å². The zero-order valence-electron chi connectivity index (χ0n) is 9.80. The molecule has 3 aromatic heterocycles. The second kappa shape index (κ2) is 4.45. The van der Waals surface area contributed by atoms with Gasteiger partial charge in [0, 0.05) is 12.4 Å². The molecule has 0 bridgehead atoms. The van der Waals surface area contributed by atoms with Gasteiger partial charge in [-0.25, -0.2) is 0 Å². The van der Waals surface area contributed by atoms with Crippen molar-refractivity contribution in [2.24, 2.45) is 0 Å². The minimum atomic E-state index is -0.472. The SMILES string of the molecule is O=Cc1cn(Cc2ccccn2)c2ncnn2c1=O. The molecule has 7 heteroatoms. The summed E-state index contributed by atoms with van der Waals surface area (Å²) in [5.74, 6) is 0.376. The molecule has 0 aliphatic heterocycles. The van der Waals surface area contributed by atoms with Gasteiger partial charge in [0.25, 0.3) is 5.56 Å². The molecule has 19 heavy (non-hydrogen) atoms. The van der Waals surface area contributed by atoms with Crippen LogP contribution in [0.25, 0.3) is 5.78 Å². The monoisotopic (exact) mass is 255 g/mol. The predicted molar refractivity (Wildman–Crippen MR) is 66.0 cm³/mol. The van der Waals surface area contributed by atoms with Crippen LogP contribution in [-0.4, -0.2) is 30.4 Å². The Labute approximate surface area is 107 Å². The Morgan fingerprint density at radius 3 is 2.89 bits per heavy atom. The van der Waals surface area contributed by atoms with Crippen LogP contribution in [0.3, 0.4) is 0 Å². The van der Waals surface area contributed by atoms with Gasteiger partial charge in [-0.2, -0.15) is 14.6 Å². The summed E-state index contributed by atoms with van der Waals surface area (Å²) in [6.45, 7) is 0.407. The van der Waals surface area contributed by atoms with Crippen LogP contribution in [0.5, 0.6) is 0 Å². The molecule has 3 heterocycles. The summed E-state index contributed by atoms with van der Waals surface area (Å²) in [4.78, 5) is 31.0. The summed E-state index contributed by atoms with van der Waals surface area (Å²) in [6.07, 6.45) is 4.94. The van der Waals surface area contributed by atoms with Crippen molar-refractivity contribution in [1.29, 1.82) is 0 Å². The van der Waals surface area contributed by atoms with E-state index >= 15 is 0 Å². The van der Waals surface area contributed by atoms with E-state index in [9.17, 15) is 9.59 Å². The molecule has 94 valence electrons. The molecule has 0 fully saturated rings. The van der Waals surface area contributed by atoms with Crippen molar-refractivity contribution in [3.63, 3.8) is 0 Å². The Morgan fingerprint density at radius 2 is 2.16 bits per heavy atom. The molecular weight excluding hydrogens is 246 g/mol. The smallest absolute Gasteiger partial charge is 0.286 e. The summed E-state index contributed by atoms with van der Waals surface area (Å²) in [5.41, 5.74) is 0.363. The van der Waals surface area contributed by atoms with Crippen molar-refractivity contribution in [1.82, 2.24) is 24.1 Å². The molecule has 0 aliphatic carbocycles. The van der Waals surface area contributed by atoms with Crippen LogP contribution < -0.4 is 5.56 Å². The van der Waals surface area contributed by atoms with Crippen LogP contribution in [0.2, 0.25) is 0 Å². The average molecular weight is 255 g/mol. The Bertz CT molecular complexity index is 791. The van der Waals surface area contributed by atoms with E-state index in [-0.39, 0.29) is 5.56 Å². The van der Waals surface area contributed by atoms with E-state index in [1.165, 1.54) is 12.5 Å². The maximum absolute atomic E-state index is 11.8. The average Bonchev–Trinajstić information content (AvgIpc) is 2.93. The van der Waals surface area contributed by atoms with Crippen LogP contribution >= 0.6 is 0 Å². The van der Waals surface area contributed by atoms with Crippen LogP contribution in [0.15, 0.2) is 41.7 Å². The van der Waals surface area contributed by atoms with Gasteiger partial charge in [0.2, 0.25) is 5.78 Å². The van der Waals surface area contributed by atoms with Gasteiger partial charge in [-0.3, -0.25) is 14.6 Å². The molecule has 0 saturated heterocycles. The van der Waals surface area contributed by atoms with Crippen molar-refractivity contribution in [3.8, 4) is 0 Å². The molecule has 0 N–H and O–H groups in total. The van der Waals surface area contributed by atoms with Gasteiger partial charge in [-0.05, 0) is 12.1 Å². The lowest BCUT2D eigenvalue weighted by atomic mass is 10.3. The molecule has 0 amide bonds. The maximum Gasteiger partial charge on any atom is 0.286 e. The third-order valence-electron chi connectivity index (χ3n) is 2.71. The molecular formula is C12H9N5O2. The number of hydrogen-bond acceptors (Lipinski definition) is 5. The number of carbonyl (C=O) groups excluding carboxylic acids is 1. The van der Waals surface area contributed by atoms with Crippen LogP contribution in [0.4, 0.5) is 0 Å². The predicted octanol–water partition coefficient (Wildman–Crippen LogP) is 0.147. The lowest BCUT2D eigenvalue weighted by molar-refractivity contribution is 0.112. The van der Waals surface area contributed by atoms with Crippen molar-refractivity contribution >= 4 is 12.1 Å². The number of rotatable bonds is 3. The topological polar surface area (TPSA) is 82.2 Å². The molecule has 0 spiro atoms. The van der Waals surface area contributed by atoms with Gasteiger partial charge in [-0.15, -0.1) is 0 Å². The minimum Gasteiger partial charge on any atom is -0.310 e. The molecule has 7 nitrogen and oxygen atoms in total. The number of fused-ring (bicyclic) bond motifs is 1. The number of aldehydes is 1. The minimum absolute atomic E-state index is 0.0360. The van der Waals surface area contributed by atoms with E-state index in [2.05, 4.69) is 15.1 Å². The van der Waals surface area contributed by atoms with E-state index in [0.29, 0.717) is 18.6 Å². The van der Waals surface area contributed by atoms with Crippen molar-refractivity contribution in [2.75, 3.05) is 0 Å². The van der Waals surface area contributed by atoms with Gasteiger partial charge in [-0.1, -0.05) is 6.07 Å². The fourth-order valence-electron chi connectivity index (χ4n) is 1.84. The molecule has 0 aromatic carbocycles. The maximum atomic E-state index is 11.8. The van der Waals surface area contributed by atoms with Crippen molar-refractivity contribution < 1.29 is 4.79 Å². The van der Waals surface area contributed by atoms with E-state index in [0.717, 1.165) is 10.2 Å². The third kappa shape index (κ3) is 1.90. The van der Waals surface area contributed by atoms with E-state index < -0.39 is 5.56 Å². The third-order valence-corrected chi connectivity index (χ3v) is 2.71. The highest BCUT2D eigenvalue weighted by Gasteiger charge is 2.10. The Hall–Kier alpha value is -2.83. The van der Waals surface area contributed by atoms with Gasteiger partial charge in [0.1, 0.15) is 6.33 Å².